The van der Waals surface area contributed by atoms with E-state index in [0.29, 0.717) is 21.4 Å². The first-order chi connectivity index (χ1) is 12.1. The number of hydrogen-bond donors (Lipinski definition) is 1. The molecule has 3 aromatic rings. The van der Waals surface area contributed by atoms with Crippen LogP contribution in [0.4, 0.5) is 5.13 Å². The largest absolute Gasteiger partial charge is 0.302 e. The van der Waals surface area contributed by atoms with Crippen LogP contribution in [-0.4, -0.2) is 21.7 Å². The lowest BCUT2D eigenvalue weighted by Gasteiger charge is -2.02. The van der Waals surface area contributed by atoms with Crippen molar-refractivity contribution < 1.29 is 9.59 Å². The molecular weight excluding hydrogens is 358 g/mol. The molecule has 126 valence electrons. The van der Waals surface area contributed by atoms with Crippen LogP contribution in [0.15, 0.2) is 54.0 Å². The quantitative estimate of drug-likeness (QED) is 0.649. The van der Waals surface area contributed by atoms with E-state index in [1.165, 1.54) is 11.3 Å². The summed E-state index contributed by atoms with van der Waals surface area (Å²) >= 11 is 7.12. The molecule has 0 aliphatic rings. The van der Waals surface area contributed by atoms with E-state index in [1.807, 2.05) is 23.6 Å². The van der Waals surface area contributed by atoms with E-state index < -0.39 is 0 Å². The van der Waals surface area contributed by atoms with Crippen molar-refractivity contribution in [1.29, 1.82) is 0 Å². The van der Waals surface area contributed by atoms with Gasteiger partial charge in [0, 0.05) is 35.0 Å². The van der Waals surface area contributed by atoms with Gasteiger partial charge in [0.05, 0.1) is 5.69 Å². The van der Waals surface area contributed by atoms with Crippen molar-refractivity contribution in [3.05, 3.63) is 64.6 Å². The van der Waals surface area contributed by atoms with Crippen molar-refractivity contribution in [1.82, 2.24) is 9.97 Å². The number of ketones is 1. The van der Waals surface area contributed by atoms with E-state index in [-0.39, 0.29) is 24.5 Å². The van der Waals surface area contributed by atoms with Gasteiger partial charge >= 0.3 is 0 Å². The van der Waals surface area contributed by atoms with E-state index in [1.54, 1.807) is 30.5 Å². The Morgan fingerprint density at radius 1 is 1.04 bits per heavy atom. The third kappa shape index (κ3) is 4.71. The Hall–Kier alpha value is -2.57. The van der Waals surface area contributed by atoms with Gasteiger partial charge in [-0.15, -0.1) is 11.3 Å². The first-order valence-corrected chi connectivity index (χ1v) is 8.83. The van der Waals surface area contributed by atoms with Gasteiger partial charge in [-0.05, 0) is 36.4 Å². The number of pyridine rings is 1. The number of nitrogens with one attached hydrogen (secondary N) is 1. The van der Waals surface area contributed by atoms with E-state index in [0.717, 1.165) is 5.69 Å². The normalized spacial score (nSPS) is 10.4. The summed E-state index contributed by atoms with van der Waals surface area (Å²) < 4.78 is 0. The molecule has 5 nitrogen and oxygen atoms in total. The molecule has 3 rings (SSSR count). The monoisotopic (exact) mass is 371 g/mol. The van der Waals surface area contributed by atoms with Crippen LogP contribution in [0.1, 0.15) is 23.2 Å². The third-order valence-electron chi connectivity index (χ3n) is 3.42. The highest BCUT2D eigenvalue weighted by molar-refractivity contribution is 7.14. The summed E-state index contributed by atoms with van der Waals surface area (Å²) in [7, 11) is 0. The number of halogens is 1. The Kier molecular flexibility index (Phi) is 5.53. The van der Waals surface area contributed by atoms with Gasteiger partial charge in [-0.3, -0.25) is 14.6 Å². The van der Waals surface area contributed by atoms with Gasteiger partial charge in [0.2, 0.25) is 5.91 Å². The van der Waals surface area contributed by atoms with Crippen molar-refractivity contribution in [2.75, 3.05) is 5.32 Å². The second-order valence-corrected chi connectivity index (χ2v) is 6.53. The molecular formula is C18H14ClN3O2S. The van der Waals surface area contributed by atoms with Crippen LogP contribution in [0.5, 0.6) is 0 Å². The molecule has 0 radical (unpaired) electrons. The number of benzene rings is 1. The van der Waals surface area contributed by atoms with E-state index in [4.69, 9.17) is 11.6 Å². The van der Waals surface area contributed by atoms with Crippen molar-refractivity contribution >= 4 is 39.8 Å². The molecule has 0 bridgehead atoms. The Morgan fingerprint density at radius 2 is 1.84 bits per heavy atom. The molecule has 0 aliphatic heterocycles. The first-order valence-electron chi connectivity index (χ1n) is 7.57. The lowest BCUT2D eigenvalue weighted by atomic mass is 10.1. The minimum Gasteiger partial charge on any atom is -0.302 e. The SMILES string of the molecule is O=C(CCC(=O)c1ccc(Cl)cc1)Nc1nc(-c2ccccn2)cs1. The molecule has 0 fully saturated rings. The molecule has 0 aliphatic carbocycles. The zero-order valence-corrected chi connectivity index (χ0v) is 14.7. The molecule has 2 aromatic heterocycles. The fraction of sp³-hybridized carbons (Fsp3) is 0.111. The number of amides is 1. The van der Waals surface area contributed by atoms with Crippen LogP contribution in [0.25, 0.3) is 11.4 Å². The zero-order chi connectivity index (χ0) is 17.6. The van der Waals surface area contributed by atoms with Crippen LogP contribution in [0.3, 0.4) is 0 Å². The number of anilines is 1. The van der Waals surface area contributed by atoms with Gasteiger partial charge < -0.3 is 5.32 Å². The van der Waals surface area contributed by atoms with Crippen LogP contribution < -0.4 is 5.32 Å². The van der Waals surface area contributed by atoms with Gasteiger partial charge in [0.15, 0.2) is 10.9 Å². The topological polar surface area (TPSA) is 72.0 Å². The predicted octanol–water partition coefficient (Wildman–Crippen LogP) is 4.46. The average molecular weight is 372 g/mol. The van der Waals surface area contributed by atoms with Crippen molar-refractivity contribution in [2.45, 2.75) is 12.8 Å². The number of carbonyl (C=O) groups is 2. The summed E-state index contributed by atoms with van der Waals surface area (Å²) in [6.45, 7) is 0. The van der Waals surface area contributed by atoms with Crippen LogP contribution in [0, 0.1) is 0 Å². The second kappa shape index (κ2) is 8.00. The summed E-state index contributed by atoms with van der Waals surface area (Å²) in [5, 5.41) is 5.61. The van der Waals surface area contributed by atoms with Crippen LogP contribution >= 0.6 is 22.9 Å². The summed E-state index contributed by atoms with van der Waals surface area (Å²) in [5.74, 6) is -0.343. The maximum absolute atomic E-state index is 12.1. The molecule has 0 saturated heterocycles. The zero-order valence-electron chi connectivity index (χ0n) is 13.1. The molecule has 0 atom stereocenters. The predicted molar refractivity (Wildman–Crippen MR) is 99.0 cm³/mol. The minimum atomic E-state index is -0.246. The number of carbonyl (C=O) groups excluding carboxylic acids is 2. The number of nitrogens with zero attached hydrogens (tertiary/aromatic N) is 2. The van der Waals surface area contributed by atoms with Crippen LogP contribution in [-0.2, 0) is 4.79 Å². The van der Waals surface area contributed by atoms with Gasteiger partial charge in [0.1, 0.15) is 5.69 Å². The van der Waals surface area contributed by atoms with Gasteiger partial charge in [-0.1, -0.05) is 17.7 Å². The average Bonchev–Trinajstić information content (AvgIpc) is 3.09. The maximum Gasteiger partial charge on any atom is 0.226 e. The number of hydrogen-bond acceptors (Lipinski definition) is 5. The standard InChI is InChI=1S/C18H14ClN3O2S/c19-13-6-4-12(5-7-13)16(23)8-9-17(24)22-18-21-15(11-25-18)14-3-1-2-10-20-14/h1-7,10-11H,8-9H2,(H,21,22,24). The highest BCUT2D eigenvalue weighted by atomic mass is 35.5. The highest BCUT2D eigenvalue weighted by Gasteiger charge is 2.12. The number of rotatable bonds is 6. The lowest BCUT2D eigenvalue weighted by Crippen LogP contribution is -2.13. The first kappa shape index (κ1) is 17.3. The molecule has 0 unspecified atom stereocenters. The molecule has 25 heavy (non-hydrogen) atoms. The van der Waals surface area contributed by atoms with Gasteiger partial charge in [0.25, 0.3) is 0 Å². The fourth-order valence-electron chi connectivity index (χ4n) is 2.15. The molecule has 1 aromatic carbocycles. The molecule has 7 heteroatoms. The molecule has 0 spiro atoms. The fourth-order valence-corrected chi connectivity index (χ4v) is 3.00. The van der Waals surface area contributed by atoms with Crippen LogP contribution in [0.2, 0.25) is 5.02 Å². The Bertz CT molecular complexity index is 879. The Balaban J connectivity index is 1.54. The van der Waals surface area contributed by atoms with Crippen molar-refractivity contribution in [3.63, 3.8) is 0 Å². The van der Waals surface area contributed by atoms with E-state index >= 15 is 0 Å². The maximum atomic E-state index is 12.1. The Labute approximate surface area is 153 Å². The number of aromatic nitrogens is 2. The third-order valence-corrected chi connectivity index (χ3v) is 4.43. The summed E-state index contributed by atoms with van der Waals surface area (Å²) in [6.07, 6.45) is 1.92. The molecule has 2 heterocycles. The highest BCUT2D eigenvalue weighted by Crippen LogP contribution is 2.23. The molecule has 0 saturated carbocycles. The summed E-state index contributed by atoms with van der Waals surface area (Å²) in [6, 6.07) is 12.2. The van der Waals surface area contributed by atoms with Gasteiger partial charge in [-0.25, -0.2) is 4.98 Å². The van der Waals surface area contributed by atoms with Crippen molar-refractivity contribution in [2.24, 2.45) is 0 Å². The van der Waals surface area contributed by atoms with Gasteiger partial charge in [-0.2, -0.15) is 0 Å². The molecule has 1 amide bonds. The summed E-state index contributed by atoms with van der Waals surface area (Å²) in [5.41, 5.74) is 2.00. The smallest absolute Gasteiger partial charge is 0.226 e. The summed E-state index contributed by atoms with van der Waals surface area (Å²) in [4.78, 5) is 32.6. The number of Topliss-reactive ketones (excluding diaryl/α,β-unsaturated/α-hetero) is 1. The van der Waals surface area contributed by atoms with E-state index in [2.05, 4.69) is 15.3 Å². The lowest BCUT2D eigenvalue weighted by molar-refractivity contribution is -0.116. The van der Waals surface area contributed by atoms with Crippen molar-refractivity contribution in [3.8, 4) is 11.4 Å². The molecule has 1 N–H and O–H groups in total. The Morgan fingerprint density at radius 3 is 2.56 bits per heavy atom. The minimum absolute atomic E-state index is 0.0971. The second-order valence-electron chi connectivity index (χ2n) is 5.23. The van der Waals surface area contributed by atoms with E-state index in [9.17, 15) is 9.59 Å². The number of thiazole rings is 1.